The minimum absolute atomic E-state index is 0.785. The van der Waals surface area contributed by atoms with Gasteiger partial charge in [-0.2, -0.15) is 12.6 Å². The third-order valence-electron chi connectivity index (χ3n) is 1.75. The van der Waals surface area contributed by atoms with E-state index in [4.69, 9.17) is 8.85 Å². The van der Waals surface area contributed by atoms with Crippen LogP contribution < -0.4 is 0 Å². The molecule has 0 spiro atoms. The molecule has 0 unspecified atom stereocenters. The molecule has 0 aromatic rings. The molecule has 0 aliphatic carbocycles. The third kappa shape index (κ3) is 8.81. The summed E-state index contributed by atoms with van der Waals surface area (Å²) in [5.41, 5.74) is 0. The maximum Gasteiger partial charge on any atom is 0.331 e. The SMILES string of the molecule is CCCCO[SiH](CS)OCCCC. The van der Waals surface area contributed by atoms with Crippen molar-refractivity contribution in [1.82, 2.24) is 0 Å². The monoisotopic (exact) mass is 222 g/mol. The van der Waals surface area contributed by atoms with Crippen molar-refractivity contribution >= 4 is 21.9 Å². The molecule has 80 valence electrons. The van der Waals surface area contributed by atoms with Gasteiger partial charge in [-0.3, -0.25) is 0 Å². The molecule has 0 aliphatic heterocycles. The quantitative estimate of drug-likeness (QED) is 0.367. The normalized spacial score (nSPS) is 11.1. The molecule has 0 aromatic heterocycles. The van der Waals surface area contributed by atoms with Gasteiger partial charge in [-0.05, 0) is 12.8 Å². The Morgan fingerprint density at radius 2 is 1.46 bits per heavy atom. The van der Waals surface area contributed by atoms with Gasteiger partial charge in [-0.15, -0.1) is 0 Å². The smallest absolute Gasteiger partial charge is 0.331 e. The van der Waals surface area contributed by atoms with Gasteiger partial charge in [0, 0.05) is 18.6 Å². The minimum atomic E-state index is -1.41. The van der Waals surface area contributed by atoms with Crippen molar-refractivity contribution in [3.8, 4) is 0 Å². The summed E-state index contributed by atoms with van der Waals surface area (Å²) in [5, 5.41) is 0.785. The molecule has 0 amide bonds. The van der Waals surface area contributed by atoms with Gasteiger partial charge in [0.2, 0.25) is 0 Å². The molecule has 0 heterocycles. The highest BCUT2D eigenvalue weighted by Crippen LogP contribution is 1.98. The Balaban J connectivity index is 3.28. The van der Waals surface area contributed by atoms with E-state index in [1.54, 1.807) is 0 Å². The van der Waals surface area contributed by atoms with Crippen LogP contribution in [0.2, 0.25) is 0 Å². The molecule has 0 saturated heterocycles. The molecule has 0 radical (unpaired) electrons. The van der Waals surface area contributed by atoms with Crippen LogP contribution in [-0.2, 0) is 8.85 Å². The molecule has 0 saturated carbocycles. The van der Waals surface area contributed by atoms with Crippen LogP contribution in [0.15, 0.2) is 0 Å². The fraction of sp³-hybridized carbons (Fsp3) is 1.00. The molecule has 0 bridgehead atoms. The molecule has 0 atom stereocenters. The summed E-state index contributed by atoms with van der Waals surface area (Å²) in [5.74, 6) is 0. The maximum atomic E-state index is 5.62. The topological polar surface area (TPSA) is 18.5 Å². The Labute approximate surface area is 89.3 Å². The third-order valence-corrected chi connectivity index (χ3v) is 4.16. The molecule has 4 heteroatoms. The Kier molecular flexibility index (Phi) is 11.0. The Morgan fingerprint density at radius 3 is 1.77 bits per heavy atom. The summed E-state index contributed by atoms with van der Waals surface area (Å²) >= 11 is 4.23. The highest BCUT2D eigenvalue weighted by atomic mass is 32.1. The Morgan fingerprint density at radius 1 is 1.00 bits per heavy atom. The van der Waals surface area contributed by atoms with Gasteiger partial charge in [0.15, 0.2) is 0 Å². The first kappa shape index (κ1) is 13.5. The minimum Gasteiger partial charge on any atom is -0.396 e. The number of hydrogen-bond donors (Lipinski definition) is 1. The predicted octanol–water partition coefficient (Wildman–Crippen LogP) is 2.31. The van der Waals surface area contributed by atoms with E-state index in [1.807, 2.05) is 0 Å². The summed E-state index contributed by atoms with van der Waals surface area (Å²) in [4.78, 5) is 0. The number of unbranched alkanes of at least 4 members (excludes halogenated alkanes) is 2. The van der Waals surface area contributed by atoms with Crippen LogP contribution >= 0.6 is 12.6 Å². The fourth-order valence-electron chi connectivity index (χ4n) is 0.872. The summed E-state index contributed by atoms with van der Waals surface area (Å²) in [6, 6.07) is 0. The first-order valence-corrected chi connectivity index (χ1v) is 7.58. The number of rotatable bonds is 9. The van der Waals surface area contributed by atoms with Gasteiger partial charge < -0.3 is 8.85 Å². The van der Waals surface area contributed by atoms with Crippen LogP contribution in [0.4, 0.5) is 0 Å². The fourth-order valence-corrected chi connectivity index (χ4v) is 2.67. The van der Waals surface area contributed by atoms with Crippen molar-refractivity contribution in [3.63, 3.8) is 0 Å². The Hall–Kier alpha value is 0.487. The lowest BCUT2D eigenvalue weighted by molar-refractivity contribution is 0.196. The first-order chi connectivity index (χ1) is 6.35. The second-order valence-electron chi connectivity index (χ2n) is 3.06. The summed E-state index contributed by atoms with van der Waals surface area (Å²) in [7, 11) is -1.41. The zero-order valence-electron chi connectivity index (χ0n) is 8.79. The van der Waals surface area contributed by atoms with Crippen molar-refractivity contribution in [1.29, 1.82) is 0 Å². The zero-order chi connectivity index (χ0) is 9.94. The molecule has 0 rings (SSSR count). The van der Waals surface area contributed by atoms with E-state index in [9.17, 15) is 0 Å². The van der Waals surface area contributed by atoms with Crippen molar-refractivity contribution in [2.24, 2.45) is 0 Å². The lowest BCUT2D eigenvalue weighted by Gasteiger charge is -2.14. The molecular weight excluding hydrogens is 200 g/mol. The highest BCUT2D eigenvalue weighted by molar-refractivity contribution is 7.81. The van der Waals surface area contributed by atoms with Gasteiger partial charge in [-0.25, -0.2) is 0 Å². The van der Waals surface area contributed by atoms with Crippen molar-refractivity contribution < 1.29 is 8.85 Å². The second kappa shape index (κ2) is 10.6. The largest absolute Gasteiger partial charge is 0.396 e. The predicted molar refractivity (Wildman–Crippen MR) is 62.7 cm³/mol. The van der Waals surface area contributed by atoms with E-state index in [1.165, 1.54) is 12.8 Å². The van der Waals surface area contributed by atoms with Crippen molar-refractivity contribution in [2.45, 2.75) is 39.5 Å². The summed E-state index contributed by atoms with van der Waals surface area (Å²) < 4.78 is 11.2. The van der Waals surface area contributed by atoms with Crippen LogP contribution in [-0.4, -0.2) is 27.9 Å². The van der Waals surface area contributed by atoms with E-state index in [-0.39, 0.29) is 0 Å². The molecular formula is C9H22O2SSi. The molecule has 0 aliphatic rings. The molecule has 13 heavy (non-hydrogen) atoms. The van der Waals surface area contributed by atoms with E-state index in [0.29, 0.717) is 0 Å². The van der Waals surface area contributed by atoms with E-state index >= 15 is 0 Å². The van der Waals surface area contributed by atoms with Gasteiger partial charge in [0.05, 0.1) is 0 Å². The van der Waals surface area contributed by atoms with Crippen LogP contribution in [0, 0.1) is 0 Å². The Bertz CT molecular complexity index is 93.6. The molecule has 2 nitrogen and oxygen atoms in total. The lowest BCUT2D eigenvalue weighted by atomic mass is 10.4. The number of thiol groups is 1. The van der Waals surface area contributed by atoms with E-state index < -0.39 is 9.28 Å². The summed E-state index contributed by atoms with van der Waals surface area (Å²) in [6.45, 7) is 6.03. The lowest BCUT2D eigenvalue weighted by Crippen LogP contribution is -2.26. The molecule has 0 fully saturated rings. The molecule has 0 aromatic carbocycles. The standard InChI is InChI=1S/C9H22O2SSi/c1-3-5-7-10-13(9-12)11-8-6-4-2/h12-13H,3-9H2,1-2H3. The number of hydrogen-bond acceptors (Lipinski definition) is 3. The first-order valence-electron chi connectivity index (χ1n) is 5.19. The second-order valence-corrected chi connectivity index (χ2v) is 6.05. The average Bonchev–Trinajstić information content (AvgIpc) is 2.16. The van der Waals surface area contributed by atoms with Crippen LogP contribution in [0.3, 0.4) is 0 Å². The zero-order valence-corrected chi connectivity index (χ0v) is 10.8. The van der Waals surface area contributed by atoms with E-state index in [0.717, 1.165) is 31.4 Å². The average molecular weight is 222 g/mol. The summed E-state index contributed by atoms with van der Waals surface area (Å²) in [6.07, 6.45) is 4.63. The van der Waals surface area contributed by atoms with Gasteiger partial charge in [0.25, 0.3) is 0 Å². The van der Waals surface area contributed by atoms with Crippen molar-refractivity contribution in [2.75, 3.05) is 18.6 Å². The van der Waals surface area contributed by atoms with Gasteiger partial charge >= 0.3 is 9.28 Å². The van der Waals surface area contributed by atoms with Gasteiger partial charge in [0.1, 0.15) is 0 Å². The van der Waals surface area contributed by atoms with Gasteiger partial charge in [-0.1, -0.05) is 26.7 Å². The van der Waals surface area contributed by atoms with Crippen LogP contribution in [0.1, 0.15) is 39.5 Å². The van der Waals surface area contributed by atoms with Crippen LogP contribution in [0.25, 0.3) is 0 Å². The van der Waals surface area contributed by atoms with E-state index in [2.05, 4.69) is 26.5 Å². The molecule has 0 N–H and O–H groups in total. The van der Waals surface area contributed by atoms with Crippen LogP contribution in [0.5, 0.6) is 0 Å². The highest BCUT2D eigenvalue weighted by Gasteiger charge is 2.09. The van der Waals surface area contributed by atoms with Crippen molar-refractivity contribution in [3.05, 3.63) is 0 Å². The maximum absolute atomic E-state index is 5.62.